The maximum Gasteiger partial charge on any atom is 0.331 e. The van der Waals surface area contributed by atoms with Crippen molar-refractivity contribution in [1.82, 2.24) is 10.5 Å². The topological polar surface area (TPSA) is 77.5 Å². The molecule has 0 spiro atoms. The molecule has 0 saturated carbocycles. The van der Waals surface area contributed by atoms with Crippen molar-refractivity contribution in [2.75, 3.05) is 0 Å². The van der Waals surface area contributed by atoms with E-state index >= 15 is 0 Å². The van der Waals surface area contributed by atoms with Crippen LogP contribution in [0.1, 0.15) is 35.0 Å². The second-order valence-electron chi connectivity index (χ2n) is 6.01. The Morgan fingerprint density at radius 3 is 2.56 bits per heavy atom. The van der Waals surface area contributed by atoms with Gasteiger partial charge >= 0.3 is 5.97 Å². The van der Waals surface area contributed by atoms with Gasteiger partial charge in [-0.25, -0.2) is 4.79 Å². The number of pyridine rings is 1. The van der Waals surface area contributed by atoms with E-state index in [-0.39, 0.29) is 6.42 Å². The molecule has 0 unspecified atom stereocenters. The number of para-hydroxylation sites is 1. The van der Waals surface area contributed by atoms with Gasteiger partial charge in [-0.3, -0.25) is 9.78 Å². The number of benzene rings is 2. The fourth-order valence-corrected chi connectivity index (χ4v) is 2.61. The molecule has 6 nitrogen and oxygen atoms in total. The summed E-state index contributed by atoms with van der Waals surface area (Å²) < 4.78 is 5.86. The Morgan fingerprint density at radius 1 is 1.07 bits per heavy atom. The molecule has 0 radical (unpaired) electrons. The van der Waals surface area contributed by atoms with E-state index in [9.17, 15) is 9.59 Å². The minimum absolute atomic E-state index is 0.191. The van der Waals surface area contributed by atoms with Gasteiger partial charge in [0.25, 0.3) is 5.91 Å². The van der Waals surface area contributed by atoms with Gasteiger partial charge in [-0.1, -0.05) is 25.1 Å². The lowest BCUT2D eigenvalue weighted by Crippen LogP contribution is -2.26. The van der Waals surface area contributed by atoms with Crippen molar-refractivity contribution < 1.29 is 19.2 Å². The van der Waals surface area contributed by atoms with E-state index in [0.29, 0.717) is 17.9 Å². The van der Waals surface area contributed by atoms with Crippen molar-refractivity contribution in [3.8, 4) is 5.75 Å². The molecular weight excluding hydrogens is 344 g/mol. The minimum Gasteiger partial charge on any atom is -0.489 e. The van der Waals surface area contributed by atoms with Crippen molar-refractivity contribution in [3.05, 3.63) is 71.4 Å². The molecule has 1 amide bonds. The predicted octanol–water partition coefficient (Wildman–Crippen LogP) is 3.72. The molecule has 0 aliphatic heterocycles. The summed E-state index contributed by atoms with van der Waals surface area (Å²) in [7, 11) is 0. The summed E-state index contributed by atoms with van der Waals surface area (Å²) in [5.41, 5.74) is 5.40. The number of aromatic nitrogens is 1. The number of hydrogen-bond acceptors (Lipinski definition) is 5. The number of ether oxygens (including phenoxy) is 1. The molecule has 0 aliphatic rings. The van der Waals surface area contributed by atoms with E-state index in [2.05, 4.69) is 15.3 Å². The highest BCUT2D eigenvalue weighted by Crippen LogP contribution is 2.21. The van der Waals surface area contributed by atoms with E-state index in [0.717, 1.165) is 22.2 Å². The lowest BCUT2D eigenvalue weighted by molar-refractivity contribution is -0.148. The van der Waals surface area contributed by atoms with Crippen molar-refractivity contribution in [2.24, 2.45) is 0 Å². The van der Waals surface area contributed by atoms with Gasteiger partial charge < -0.3 is 9.57 Å². The molecule has 138 valence electrons. The van der Waals surface area contributed by atoms with Crippen LogP contribution < -0.4 is 10.2 Å². The summed E-state index contributed by atoms with van der Waals surface area (Å²) in [6, 6.07) is 16.6. The van der Waals surface area contributed by atoms with Crippen LogP contribution in [-0.4, -0.2) is 16.9 Å². The van der Waals surface area contributed by atoms with E-state index in [1.807, 2.05) is 37.3 Å². The van der Waals surface area contributed by atoms with Gasteiger partial charge in [0.05, 0.1) is 5.52 Å². The first-order valence-corrected chi connectivity index (χ1v) is 8.65. The Balaban J connectivity index is 1.66. The molecule has 27 heavy (non-hydrogen) atoms. The first-order chi connectivity index (χ1) is 13.1. The second kappa shape index (κ2) is 8.31. The minimum atomic E-state index is -0.497. The number of carbonyl (C=O) groups excluding carboxylic acids is 2. The summed E-state index contributed by atoms with van der Waals surface area (Å²) in [5, 5.41) is 1.05. The average Bonchev–Trinajstić information content (AvgIpc) is 2.70. The fraction of sp³-hybridized carbons (Fsp3) is 0.190. The molecule has 0 fully saturated rings. The van der Waals surface area contributed by atoms with Crippen molar-refractivity contribution in [3.63, 3.8) is 0 Å². The van der Waals surface area contributed by atoms with Crippen LogP contribution in [0, 0.1) is 6.92 Å². The van der Waals surface area contributed by atoms with Crippen molar-refractivity contribution >= 4 is 22.8 Å². The maximum absolute atomic E-state index is 11.9. The number of nitrogens with zero attached hydrogens (tertiary/aromatic N) is 1. The van der Waals surface area contributed by atoms with Gasteiger partial charge in [-0.2, -0.15) is 5.48 Å². The Morgan fingerprint density at radius 2 is 1.81 bits per heavy atom. The van der Waals surface area contributed by atoms with Gasteiger partial charge in [0.15, 0.2) is 0 Å². The Labute approximate surface area is 157 Å². The summed E-state index contributed by atoms with van der Waals surface area (Å²) in [6.07, 6.45) is 0.191. The normalized spacial score (nSPS) is 10.4. The van der Waals surface area contributed by atoms with Crippen LogP contribution in [0.3, 0.4) is 0 Å². The molecule has 0 bridgehead atoms. The molecule has 0 aliphatic carbocycles. The van der Waals surface area contributed by atoms with Crippen LogP contribution in [0.15, 0.2) is 54.6 Å². The molecule has 6 heteroatoms. The number of nitrogens with one attached hydrogen (secondary N) is 1. The van der Waals surface area contributed by atoms with Crippen LogP contribution in [-0.2, 0) is 16.2 Å². The monoisotopic (exact) mass is 364 g/mol. The number of fused-ring (bicyclic) bond motifs is 1. The largest absolute Gasteiger partial charge is 0.489 e. The molecule has 1 aromatic heterocycles. The Bertz CT molecular complexity index is 968. The van der Waals surface area contributed by atoms with Gasteiger partial charge in [0.1, 0.15) is 12.4 Å². The summed E-state index contributed by atoms with van der Waals surface area (Å²) in [6.45, 7) is 3.99. The zero-order valence-electron chi connectivity index (χ0n) is 15.2. The number of aryl methyl sites for hydroxylation is 1. The van der Waals surface area contributed by atoms with Crippen molar-refractivity contribution in [2.45, 2.75) is 26.9 Å². The lowest BCUT2D eigenvalue weighted by atomic mass is 10.1. The molecular formula is C21H20N2O4. The predicted molar refractivity (Wildman–Crippen MR) is 101 cm³/mol. The highest BCUT2D eigenvalue weighted by molar-refractivity contribution is 5.94. The third-order valence-corrected chi connectivity index (χ3v) is 3.99. The molecule has 3 aromatic rings. The molecule has 1 N–H and O–H groups in total. The van der Waals surface area contributed by atoms with Crippen molar-refractivity contribution in [1.29, 1.82) is 0 Å². The van der Waals surface area contributed by atoms with Gasteiger partial charge in [-0.15, -0.1) is 0 Å². The second-order valence-corrected chi connectivity index (χ2v) is 6.01. The molecule has 0 saturated heterocycles. The quantitative estimate of drug-likeness (QED) is 0.698. The highest BCUT2D eigenvalue weighted by Gasteiger charge is 2.09. The van der Waals surface area contributed by atoms with E-state index in [1.54, 1.807) is 31.2 Å². The molecule has 1 heterocycles. The lowest BCUT2D eigenvalue weighted by Gasteiger charge is -2.10. The van der Waals surface area contributed by atoms with Crippen LogP contribution in [0.5, 0.6) is 5.75 Å². The average molecular weight is 364 g/mol. The Hall–Kier alpha value is -3.41. The SMILES string of the molecule is CCC(=O)ONC(=O)c1ccc(OCc2cc(C)nc3ccccc23)cc1. The summed E-state index contributed by atoms with van der Waals surface area (Å²) >= 11 is 0. The number of rotatable bonds is 5. The zero-order valence-corrected chi connectivity index (χ0v) is 15.2. The van der Waals surface area contributed by atoms with Crippen LogP contribution in [0.25, 0.3) is 10.9 Å². The summed E-state index contributed by atoms with van der Waals surface area (Å²) in [5.74, 6) is -0.349. The summed E-state index contributed by atoms with van der Waals surface area (Å²) in [4.78, 5) is 32.1. The van der Waals surface area contributed by atoms with Crippen LogP contribution >= 0.6 is 0 Å². The first-order valence-electron chi connectivity index (χ1n) is 8.65. The Kier molecular flexibility index (Phi) is 5.66. The van der Waals surface area contributed by atoms with Crippen LogP contribution in [0.4, 0.5) is 0 Å². The van der Waals surface area contributed by atoms with Gasteiger partial charge in [-0.05, 0) is 43.3 Å². The number of carbonyl (C=O) groups is 2. The van der Waals surface area contributed by atoms with E-state index < -0.39 is 11.9 Å². The molecule has 0 atom stereocenters. The highest BCUT2D eigenvalue weighted by atomic mass is 16.7. The first kappa shape index (κ1) is 18.4. The third kappa shape index (κ3) is 4.61. The number of hydrogen-bond donors (Lipinski definition) is 1. The zero-order chi connectivity index (χ0) is 19.2. The number of amides is 1. The molecule has 3 rings (SSSR count). The maximum atomic E-state index is 11.9. The van der Waals surface area contributed by atoms with Gasteiger partial charge in [0.2, 0.25) is 0 Å². The van der Waals surface area contributed by atoms with E-state index in [1.165, 1.54) is 0 Å². The van der Waals surface area contributed by atoms with E-state index in [4.69, 9.17) is 4.74 Å². The smallest absolute Gasteiger partial charge is 0.331 e. The standard InChI is InChI=1S/C21H20N2O4/c1-3-20(24)27-23-21(25)15-8-10-17(11-9-15)26-13-16-12-14(2)22-19-7-5-4-6-18(16)19/h4-12H,3,13H2,1-2H3,(H,23,25). The van der Waals surface area contributed by atoms with Gasteiger partial charge in [0, 0.05) is 28.6 Å². The third-order valence-electron chi connectivity index (χ3n) is 3.99. The fourth-order valence-electron chi connectivity index (χ4n) is 2.61. The number of hydroxylamine groups is 1. The van der Waals surface area contributed by atoms with Crippen LogP contribution in [0.2, 0.25) is 0 Å². The molecule has 2 aromatic carbocycles.